The van der Waals surface area contributed by atoms with E-state index in [4.69, 9.17) is 0 Å². The first-order valence-electron chi connectivity index (χ1n) is 8.45. The van der Waals surface area contributed by atoms with Gasteiger partial charge in [0.2, 0.25) is 5.91 Å². The molecular formula is C21H22N2OS2. The molecule has 2 aromatic carbocycles. The van der Waals surface area contributed by atoms with E-state index in [1.54, 1.807) is 0 Å². The molecular weight excluding hydrogens is 360 g/mol. The van der Waals surface area contributed by atoms with Crippen molar-refractivity contribution >= 4 is 34.1 Å². The number of nitrogens with one attached hydrogen (secondary N) is 1. The summed E-state index contributed by atoms with van der Waals surface area (Å²) in [4.78, 5) is 17.9. The molecule has 0 aliphatic heterocycles. The predicted molar refractivity (Wildman–Crippen MR) is 112 cm³/mol. The standard InChI is InChI=1S/C21H22N2OS2/c1-13-5-7-17(8-6-13)25-12-19(24)23-21-22-18(11-26-21)20-15(3)9-14(2)10-16(20)4/h5-11H,12H2,1-4H3,(H,22,23,24). The lowest BCUT2D eigenvalue weighted by molar-refractivity contribution is -0.113. The van der Waals surface area contributed by atoms with Gasteiger partial charge in [0.25, 0.3) is 0 Å². The van der Waals surface area contributed by atoms with Gasteiger partial charge in [-0.15, -0.1) is 23.1 Å². The zero-order valence-electron chi connectivity index (χ0n) is 15.4. The van der Waals surface area contributed by atoms with Gasteiger partial charge in [-0.25, -0.2) is 4.98 Å². The summed E-state index contributed by atoms with van der Waals surface area (Å²) in [6, 6.07) is 12.5. The van der Waals surface area contributed by atoms with E-state index in [1.807, 2.05) is 17.5 Å². The predicted octanol–water partition coefficient (Wildman–Crippen LogP) is 5.77. The van der Waals surface area contributed by atoms with E-state index >= 15 is 0 Å². The fraction of sp³-hybridized carbons (Fsp3) is 0.238. The minimum absolute atomic E-state index is 0.0335. The number of aryl methyl sites for hydroxylation is 4. The number of nitrogens with zero attached hydrogens (tertiary/aromatic N) is 1. The van der Waals surface area contributed by atoms with Gasteiger partial charge >= 0.3 is 0 Å². The van der Waals surface area contributed by atoms with Crippen molar-refractivity contribution in [3.05, 3.63) is 64.0 Å². The van der Waals surface area contributed by atoms with Gasteiger partial charge in [-0.05, 0) is 51.0 Å². The summed E-state index contributed by atoms with van der Waals surface area (Å²) in [5, 5.41) is 5.57. The first kappa shape index (κ1) is 18.7. The molecule has 0 atom stereocenters. The van der Waals surface area contributed by atoms with E-state index in [-0.39, 0.29) is 5.91 Å². The molecule has 0 unspecified atom stereocenters. The summed E-state index contributed by atoms with van der Waals surface area (Å²) in [6.45, 7) is 8.36. The Balaban J connectivity index is 1.65. The van der Waals surface area contributed by atoms with E-state index in [0.29, 0.717) is 10.9 Å². The average Bonchev–Trinajstić information content (AvgIpc) is 3.01. The number of anilines is 1. The van der Waals surface area contributed by atoms with Crippen molar-refractivity contribution in [2.24, 2.45) is 0 Å². The molecule has 3 nitrogen and oxygen atoms in total. The molecule has 0 fully saturated rings. The van der Waals surface area contributed by atoms with E-state index in [2.05, 4.69) is 62.3 Å². The SMILES string of the molecule is Cc1ccc(SCC(=O)Nc2nc(-c3c(C)cc(C)cc3C)cs2)cc1. The van der Waals surface area contributed by atoms with Gasteiger partial charge in [-0.3, -0.25) is 4.79 Å². The lowest BCUT2D eigenvalue weighted by Gasteiger charge is -2.08. The minimum atomic E-state index is -0.0335. The van der Waals surface area contributed by atoms with Gasteiger partial charge < -0.3 is 5.32 Å². The smallest absolute Gasteiger partial charge is 0.236 e. The van der Waals surface area contributed by atoms with Crippen molar-refractivity contribution in [3.8, 4) is 11.3 Å². The monoisotopic (exact) mass is 382 g/mol. The highest BCUT2D eigenvalue weighted by atomic mass is 32.2. The molecule has 26 heavy (non-hydrogen) atoms. The van der Waals surface area contributed by atoms with Crippen molar-refractivity contribution < 1.29 is 4.79 Å². The number of carbonyl (C=O) groups is 1. The summed E-state index contributed by atoms with van der Waals surface area (Å²) in [5.74, 6) is 0.342. The number of hydrogen-bond donors (Lipinski definition) is 1. The number of thiazole rings is 1. The Morgan fingerprint density at radius 3 is 2.35 bits per heavy atom. The highest BCUT2D eigenvalue weighted by Crippen LogP contribution is 2.31. The van der Waals surface area contributed by atoms with Crippen molar-refractivity contribution in [2.75, 3.05) is 11.1 Å². The number of hydrogen-bond acceptors (Lipinski definition) is 4. The average molecular weight is 383 g/mol. The number of thioether (sulfide) groups is 1. The number of rotatable bonds is 5. The van der Waals surface area contributed by atoms with Crippen LogP contribution >= 0.6 is 23.1 Å². The Labute approximate surface area is 162 Å². The molecule has 0 radical (unpaired) electrons. The fourth-order valence-electron chi connectivity index (χ4n) is 2.97. The maximum Gasteiger partial charge on any atom is 0.236 e. The molecule has 1 amide bonds. The first-order chi connectivity index (χ1) is 12.4. The number of carbonyl (C=O) groups excluding carboxylic acids is 1. The summed E-state index contributed by atoms with van der Waals surface area (Å²) >= 11 is 3.00. The second-order valence-electron chi connectivity index (χ2n) is 6.46. The highest BCUT2D eigenvalue weighted by Gasteiger charge is 2.12. The second-order valence-corrected chi connectivity index (χ2v) is 8.37. The summed E-state index contributed by atoms with van der Waals surface area (Å²) in [6.07, 6.45) is 0. The first-order valence-corrected chi connectivity index (χ1v) is 10.3. The molecule has 0 saturated carbocycles. The Morgan fingerprint density at radius 2 is 1.69 bits per heavy atom. The largest absolute Gasteiger partial charge is 0.301 e. The van der Waals surface area contributed by atoms with Gasteiger partial charge in [-0.1, -0.05) is 35.4 Å². The molecule has 1 N–H and O–H groups in total. The Kier molecular flexibility index (Phi) is 5.79. The van der Waals surface area contributed by atoms with Crippen molar-refractivity contribution in [1.29, 1.82) is 0 Å². The van der Waals surface area contributed by atoms with Crippen LogP contribution in [0.15, 0.2) is 46.7 Å². The lowest BCUT2D eigenvalue weighted by atomic mass is 9.98. The van der Waals surface area contributed by atoms with E-state index in [0.717, 1.165) is 16.2 Å². The summed E-state index contributed by atoms with van der Waals surface area (Å²) in [5.41, 5.74) is 6.96. The molecule has 3 rings (SSSR count). The summed E-state index contributed by atoms with van der Waals surface area (Å²) in [7, 11) is 0. The van der Waals surface area contributed by atoms with E-state index in [9.17, 15) is 4.79 Å². The molecule has 0 spiro atoms. The van der Waals surface area contributed by atoms with Crippen molar-refractivity contribution in [3.63, 3.8) is 0 Å². The topological polar surface area (TPSA) is 42.0 Å². The fourth-order valence-corrected chi connectivity index (χ4v) is 4.38. The van der Waals surface area contributed by atoms with Crippen LogP contribution in [-0.4, -0.2) is 16.6 Å². The highest BCUT2D eigenvalue weighted by molar-refractivity contribution is 8.00. The maximum absolute atomic E-state index is 12.2. The van der Waals surface area contributed by atoms with Gasteiger partial charge in [-0.2, -0.15) is 0 Å². The maximum atomic E-state index is 12.2. The number of benzene rings is 2. The van der Waals surface area contributed by atoms with Gasteiger partial charge in [0.15, 0.2) is 5.13 Å². The quantitative estimate of drug-likeness (QED) is 0.569. The van der Waals surface area contributed by atoms with Crippen LogP contribution in [0.3, 0.4) is 0 Å². The summed E-state index contributed by atoms with van der Waals surface area (Å²) < 4.78 is 0. The number of aromatic nitrogens is 1. The Bertz CT molecular complexity index is 906. The second kappa shape index (κ2) is 8.06. The molecule has 0 aliphatic rings. The van der Waals surface area contributed by atoms with Crippen LogP contribution < -0.4 is 5.32 Å². The molecule has 1 heterocycles. The van der Waals surface area contributed by atoms with Gasteiger partial charge in [0, 0.05) is 15.8 Å². The van der Waals surface area contributed by atoms with E-state index < -0.39 is 0 Å². The molecule has 0 aliphatic carbocycles. The van der Waals surface area contributed by atoms with Crippen LogP contribution in [0.2, 0.25) is 0 Å². The van der Waals surface area contributed by atoms with Crippen LogP contribution in [0.25, 0.3) is 11.3 Å². The molecule has 0 saturated heterocycles. The van der Waals surface area contributed by atoms with Gasteiger partial charge in [0.05, 0.1) is 11.4 Å². The van der Waals surface area contributed by atoms with Crippen LogP contribution in [0.1, 0.15) is 22.3 Å². The Hall–Kier alpha value is -2.11. The molecule has 1 aromatic heterocycles. The zero-order chi connectivity index (χ0) is 18.7. The van der Waals surface area contributed by atoms with E-state index in [1.165, 1.54) is 45.4 Å². The normalized spacial score (nSPS) is 10.8. The van der Waals surface area contributed by atoms with Crippen LogP contribution in [0.4, 0.5) is 5.13 Å². The molecule has 134 valence electrons. The minimum Gasteiger partial charge on any atom is -0.301 e. The molecule has 0 bridgehead atoms. The van der Waals surface area contributed by atoms with Gasteiger partial charge in [0.1, 0.15) is 0 Å². The van der Waals surface area contributed by atoms with Crippen molar-refractivity contribution in [1.82, 2.24) is 4.98 Å². The third-order valence-corrected chi connectivity index (χ3v) is 5.84. The zero-order valence-corrected chi connectivity index (χ0v) is 17.1. The third-order valence-electron chi connectivity index (χ3n) is 4.07. The number of amides is 1. The molecule has 3 aromatic rings. The van der Waals surface area contributed by atoms with Crippen LogP contribution in [0.5, 0.6) is 0 Å². The van der Waals surface area contributed by atoms with Crippen molar-refractivity contribution in [2.45, 2.75) is 32.6 Å². The Morgan fingerprint density at radius 1 is 1.04 bits per heavy atom. The molecule has 5 heteroatoms. The van der Waals surface area contributed by atoms with Crippen LogP contribution in [-0.2, 0) is 4.79 Å². The lowest BCUT2D eigenvalue weighted by Crippen LogP contribution is -2.13. The third kappa shape index (κ3) is 4.54. The van der Waals surface area contributed by atoms with Crippen LogP contribution in [0, 0.1) is 27.7 Å².